The van der Waals surface area contributed by atoms with Gasteiger partial charge < -0.3 is 25.9 Å². The summed E-state index contributed by atoms with van der Waals surface area (Å²) >= 11 is 0. The first-order valence-electron chi connectivity index (χ1n) is 13.3. The van der Waals surface area contributed by atoms with Gasteiger partial charge in [-0.3, -0.25) is 4.57 Å². The van der Waals surface area contributed by atoms with E-state index in [9.17, 15) is 23.1 Å². The molecular formula is C26H39N7O6S. The Balaban J connectivity index is 1.80. The Morgan fingerprint density at radius 3 is 2.67 bits per heavy atom. The van der Waals surface area contributed by atoms with E-state index < -0.39 is 27.1 Å². The van der Waals surface area contributed by atoms with Crippen LogP contribution in [0.4, 0.5) is 5.82 Å². The van der Waals surface area contributed by atoms with Crippen molar-refractivity contribution in [3.63, 3.8) is 0 Å². The zero-order chi connectivity index (χ0) is 29.5. The Labute approximate surface area is 233 Å². The number of imidazole rings is 1. The molecule has 0 aliphatic heterocycles. The van der Waals surface area contributed by atoms with Crippen molar-refractivity contribution in [3.8, 4) is 6.01 Å². The molecule has 5 N–H and O–H groups in total. The topological polar surface area (TPSA) is 186 Å². The lowest BCUT2D eigenvalue weighted by Gasteiger charge is -2.32. The summed E-state index contributed by atoms with van der Waals surface area (Å²) in [5.74, 6) is -1.09. The van der Waals surface area contributed by atoms with Gasteiger partial charge in [0.25, 0.3) is 0 Å². The number of aromatic carboxylic acids is 1. The zero-order valence-corrected chi connectivity index (χ0v) is 24.3. The van der Waals surface area contributed by atoms with Gasteiger partial charge in [0.2, 0.25) is 10.0 Å². The second kappa shape index (κ2) is 13.2. The summed E-state index contributed by atoms with van der Waals surface area (Å²) in [6.45, 7) is 7.60. The maximum absolute atomic E-state index is 13.6. The van der Waals surface area contributed by atoms with Gasteiger partial charge in [-0.05, 0) is 49.9 Å². The molecule has 0 amide bonds. The third-order valence-corrected chi connectivity index (χ3v) is 8.22. The molecule has 3 rings (SSSR count). The number of carboxylic acid groups (broad SMARTS) is 1. The number of carbonyl (C=O) groups is 1. The first kappa shape index (κ1) is 31.0. The molecule has 3 aromatic rings. The van der Waals surface area contributed by atoms with Gasteiger partial charge in [-0.2, -0.15) is 14.3 Å². The number of benzene rings is 1. The molecule has 0 saturated heterocycles. The summed E-state index contributed by atoms with van der Waals surface area (Å²) in [5, 5.41) is 12.4. The van der Waals surface area contributed by atoms with Gasteiger partial charge in [0.15, 0.2) is 11.5 Å². The fourth-order valence-corrected chi connectivity index (χ4v) is 6.12. The number of aryl methyl sites for hydroxylation is 1. The molecule has 1 aromatic carbocycles. The average Bonchev–Trinajstić information content (AvgIpc) is 3.21. The van der Waals surface area contributed by atoms with Gasteiger partial charge in [-0.15, -0.1) is 0 Å². The van der Waals surface area contributed by atoms with Crippen molar-refractivity contribution < 1.29 is 23.1 Å². The number of rotatable bonds is 16. The molecule has 13 nitrogen and oxygen atoms in total. The minimum Gasteiger partial charge on any atom is -0.478 e. The number of fused-ring (bicyclic) bond motifs is 1. The van der Waals surface area contributed by atoms with Crippen LogP contribution in [0.15, 0.2) is 34.0 Å². The SMILES string of the molecule is CCCCOc1nc(N)c2[nH]c(=O)n(CCCCN(CC(C)(C)CNC)S(=O)(=O)c3cccc(C(=O)O)c3)c2n1. The number of ether oxygens (including phenoxy) is 1. The Hall–Kier alpha value is -3.49. The van der Waals surface area contributed by atoms with E-state index in [4.69, 9.17) is 10.5 Å². The van der Waals surface area contributed by atoms with Gasteiger partial charge in [-0.25, -0.2) is 18.0 Å². The number of anilines is 1. The van der Waals surface area contributed by atoms with Crippen molar-refractivity contribution in [2.45, 2.75) is 57.9 Å². The van der Waals surface area contributed by atoms with Gasteiger partial charge in [0.1, 0.15) is 5.52 Å². The summed E-state index contributed by atoms with van der Waals surface area (Å²) in [4.78, 5) is 35.2. The maximum atomic E-state index is 13.6. The highest BCUT2D eigenvalue weighted by molar-refractivity contribution is 7.89. The fourth-order valence-electron chi connectivity index (χ4n) is 4.40. The van der Waals surface area contributed by atoms with E-state index in [1.807, 2.05) is 20.8 Å². The van der Waals surface area contributed by atoms with Crippen molar-refractivity contribution >= 4 is 33.0 Å². The average molecular weight is 578 g/mol. The fraction of sp³-hybridized carbons (Fsp3) is 0.538. The lowest BCUT2D eigenvalue weighted by molar-refractivity contribution is 0.0696. The molecular weight excluding hydrogens is 538 g/mol. The first-order chi connectivity index (χ1) is 18.9. The molecule has 0 aliphatic carbocycles. The Bertz CT molecular complexity index is 1480. The van der Waals surface area contributed by atoms with E-state index in [0.29, 0.717) is 37.2 Å². The molecule has 220 valence electrons. The minimum absolute atomic E-state index is 0.0803. The Kier molecular flexibility index (Phi) is 10.3. The van der Waals surface area contributed by atoms with Crippen LogP contribution in [0.25, 0.3) is 11.2 Å². The van der Waals surface area contributed by atoms with Crippen LogP contribution in [0.2, 0.25) is 0 Å². The third kappa shape index (κ3) is 7.58. The monoisotopic (exact) mass is 577 g/mol. The number of hydrogen-bond acceptors (Lipinski definition) is 9. The number of H-pyrrole nitrogens is 1. The van der Waals surface area contributed by atoms with E-state index >= 15 is 0 Å². The quantitative estimate of drug-likeness (QED) is 0.184. The summed E-state index contributed by atoms with van der Waals surface area (Å²) in [7, 11) is -2.20. The predicted molar refractivity (Wildman–Crippen MR) is 152 cm³/mol. The number of aromatic amines is 1. The lowest BCUT2D eigenvalue weighted by atomic mass is 9.93. The number of unbranched alkanes of at least 4 members (excludes halogenated alkanes) is 2. The van der Waals surface area contributed by atoms with Crippen LogP contribution < -0.4 is 21.5 Å². The first-order valence-corrected chi connectivity index (χ1v) is 14.7. The summed E-state index contributed by atoms with van der Waals surface area (Å²) < 4.78 is 35.7. The third-order valence-electron chi connectivity index (χ3n) is 6.38. The van der Waals surface area contributed by atoms with Crippen molar-refractivity contribution in [2.24, 2.45) is 5.41 Å². The van der Waals surface area contributed by atoms with Crippen molar-refractivity contribution in [3.05, 3.63) is 40.3 Å². The number of carboxylic acids is 1. The van der Waals surface area contributed by atoms with Crippen molar-refractivity contribution in [1.29, 1.82) is 0 Å². The molecule has 0 aliphatic rings. The highest BCUT2D eigenvalue weighted by atomic mass is 32.2. The van der Waals surface area contributed by atoms with Crippen molar-refractivity contribution in [2.75, 3.05) is 39.0 Å². The van der Waals surface area contributed by atoms with E-state index in [1.54, 1.807) is 7.05 Å². The molecule has 0 saturated carbocycles. The zero-order valence-electron chi connectivity index (χ0n) is 23.4. The molecule has 0 unspecified atom stereocenters. The van der Waals surface area contributed by atoms with Crippen LogP contribution in [0.1, 0.15) is 56.8 Å². The van der Waals surface area contributed by atoms with Crippen LogP contribution >= 0.6 is 0 Å². The smallest absolute Gasteiger partial charge is 0.335 e. The Morgan fingerprint density at radius 2 is 2.00 bits per heavy atom. The number of hydrogen-bond donors (Lipinski definition) is 4. The van der Waals surface area contributed by atoms with E-state index in [1.165, 1.54) is 33.1 Å². The van der Waals surface area contributed by atoms with Gasteiger partial charge in [-0.1, -0.05) is 33.3 Å². The second-order valence-electron chi connectivity index (χ2n) is 10.4. The van der Waals surface area contributed by atoms with Crippen LogP contribution in [-0.4, -0.2) is 76.6 Å². The summed E-state index contributed by atoms with van der Waals surface area (Å²) in [6, 6.07) is 5.44. The Morgan fingerprint density at radius 1 is 1.25 bits per heavy atom. The number of sulfonamides is 1. The van der Waals surface area contributed by atoms with E-state index in [0.717, 1.165) is 12.8 Å². The van der Waals surface area contributed by atoms with Crippen LogP contribution in [0, 0.1) is 5.41 Å². The summed E-state index contributed by atoms with van der Waals surface area (Å²) in [5.41, 5.74) is 5.78. The standard InChI is InChI=1S/C26H39N7O6S/c1-5-6-14-39-24-30-21(27)20-22(31-24)33(25(36)29-20)13-8-7-12-32(17-26(2,3)16-28-4)40(37,38)19-11-9-10-18(15-19)23(34)35/h9-11,15,28H,5-8,12-14,16-17H2,1-4H3,(H,29,36)(H,34,35)(H2,27,30,31). The largest absolute Gasteiger partial charge is 0.478 e. The molecule has 0 radical (unpaired) electrons. The second-order valence-corrected chi connectivity index (χ2v) is 12.4. The van der Waals surface area contributed by atoms with Crippen LogP contribution in [0.3, 0.4) is 0 Å². The molecule has 2 aromatic heterocycles. The minimum atomic E-state index is -3.99. The maximum Gasteiger partial charge on any atom is 0.335 e. The molecule has 2 heterocycles. The normalized spacial score (nSPS) is 12.3. The molecule has 14 heteroatoms. The molecule has 0 bridgehead atoms. The highest BCUT2D eigenvalue weighted by Gasteiger charge is 2.31. The van der Waals surface area contributed by atoms with Gasteiger partial charge in [0.05, 0.1) is 17.1 Å². The van der Waals surface area contributed by atoms with Crippen LogP contribution in [-0.2, 0) is 16.6 Å². The number of aromatic nitrogens is 4. The van der Waals surface area contributed by atoms with E-state index in [2.05, 4.69) is 20.3 Å². The number of nitrogens with two attached hydrogens (primary N) is 1. The highest BCUT2D eigenvalue weighted by Crippen LogP contribution is 2.24. The molecule has 0 atom stereocenters. The molecule has 0 fully saturated rings. The number of nitrogens with one attached hydrogen (secondary N) is 2. The number of nitrogens with zero attached hydrogens (tertiary/aromatic N) is 4. The molecule has 0 spiro atoms. The van der Waals surface area contributed by atoms with Crippen LogP contribution in [0.5, 0.6) is 6.01 Å². The van der Waals surface area contributed by atoms with E-state index in [-0.39, 0.29) is 41.9 Å². The predicted octanol–water partition coefficient (Wildman–Crippen LogP) is 2.30. The van der Waals surface area contributed by atoms with Gasteiger partial charge >= 0.3 is 17.7 Å². The van der Waals surface area contributed by atoms with Crippen molar-refractivity contribution in [1.82, 2.24) is 29.1 Å². The van der Waals surface area contributed by atoms with Gasteiger partial charge in [0, 0.05) is 26.2 Å². The summed E-state index contributed by atoms with van der Waals surface area (Å²) in [6.07, 6.45) is 2.67. The molecule has 40 heavy (non-hydrogen) atoms. The lowest BCUT2D eigenvalue weighted by Crippen LogP contribution is -2.43. The number of nitrogen functional groups attached to an aromatic ring is 1.